The molecule has 5 heteroatoms. The van der Waals surface area contributed by atoms with Crippen LogP contribution >= 0.6 is 0 Å². The van der Waals surface area contributed by atoms with E-state index in [0.717, 1.165) is 6.54 Å². The lowest BCUT2D eigenvalue weighted by molar-refractivity contribution is -0.141. The van der Waals surface area contributed by atoms with Crippen molar-refractivity contribution in [2.75, 3.05) is 13.1 Å². The third kappa shape index (κ3) is 5.53. The highest BCUT2D eigenvalue weighted by Gasteiger charge is 2.16. The summed E-state index contributed by atoms with van der Waals surface area (Å²) in [6.07, 6.45) is 0.722. The van der Waals surface area contributed by atoms with Gasteiger partial charge in [0, 0.05) is 13.0 Å². The number of hydrogen-bond donors (Lipinski definition) is 3. The fourth-order valence-corrected chi connectivity index (χ4v) is 0.984. The van der Waals surface area contributed by atoms with E-state index in [1.165, 1.54) is 0 Å². The molecular weight excluding hydrogens is 184 g/mol. The molecule has 0 unspecified atom stereocenters. The lowest BCUT2D eigenvalue weighted by atomic mass is 10.2. The van der Waals surface area contributed by atoms with Crippen LogP contribution in [-0.2, 0) is 9.59 Å². The van der Waals surface area contributed by atoms with Crippen molar-refractivity contribution in [1.29, 1.82) is 0 Å². The molecule has 82 valence electrons. The molecule has 0 aromatic carbocycles. The molecule has 0 saturated heterocycles. The molecule has 0 bridgehead atoms. The van der Waals surface area contributed by atoms with Gasteiger partial charge >= 0.3 is 5.97 Å². The maximum Gasteiger partial charge on any atom is 0.326 e. The number of nitrogens with one attached hydrogen (secondary N) is 2. The molecule has 14 heavy (non-hydrogen) atoms. The van der Waals surface area contributed by atoms with Crippen LogP contribution < -0.4 is 10.6 Å². The van der Waals surface area contributed by atoms with Crippen LogP contribution in [0.5, 0.6) is 0 Å². The SMILES string of the molecule is CCNCCC(=O)N[C@@H](CC)C(=O)O. The van der Waals surface area contributed by atoms with Gasteiger partial charge in [-0.05, 0) is 13.0 Å². The molecule has 0 aliphatic carbocycles. The first kappa shape index (κ1) is 12.9. The van der Waals surface area contributed by atoms with Crippen molar-refractivity contribution in [1.82, 2.24) is 10.6 Å². The van der Waals surface area contributed by atoms with E-state index in [0.29, 0.717) is 19.4 Å². The molecule has 0 heterocycles. The summed E-state index contributed by atoms with van der Waals surface area (Å²) in [5, 5.41) is 14.1. The Labute approximate surface area is 83.9 Å². The van der Waals surface area contributed by atoms with E-state index in [1.807, 2.05) is 6.92 Å². The maximum atomic E-state index is 11.2. The van der Waals surface area contributed by atoms with Crippen molar-refractivity contribution in [3.8, 4) is 0 Å². The second-order valence-electron chi connectivity index (χ2n) is 2.97. The molecule has 0 fully saturated rings. The molecule has 0 radical (unpaired) electrons. The van der Waals surface area contributed by atoms with Crippen molar-refractivity contribution in [2.45, 2.75) is 32.7 Å². The molecule has 1 amide bonds. The van der Waals surface area contributed by atoms with E-state index < -0.39 is 12.0 Å². The van der Waals surface area contributed by atoms with Crippen LogP contribution in [0.2, 0.25) is 0 Å². The Morgan fingerprint density at radius 2 is 2.00 bits per heavy atom. The van der Waals surface area contributed by atoms with Gasteiger partial charge in [-0.1, -0.05) is 13.8 Å². The Morgan fingerprint density at radius 3 is 2.43 bits per heavy atom. The number of amides is 1. The number of carboxylic acids is 1. The zero-order valence-corrected chi connectivity index (χ0v) is 8.67. The van der Waals surface area contributed by atoms with Gasteiger partial charge in [0.1, 0.15) is 6.04 Å². The lowest BCUT2D eigenvalue weighted by Gasteiger charge is -2.11. The maximum absolute atomic E-state index is 11.2. The number of hydrogen-bond acceptors (Lipinski definition) is 3. The van der Waals surface area contributed by atoms with E-state index in [2.05, 4.69) is 10.6 Å². The Kier molecular flexibility index (Phi) is 6.74. The van der Waals surface area contributed by atoms with Gasteiger partial charge in [-0.15, -0.1) is 0 Å². The van der Waals surface area contributed by atoms with Crippen molar-refractivity contribution < 1.29 is 14.7 Å². The molecule has 0 aromatic rings. The first-order valence-electron chi connectivity index (χ1n) is 4.84. The molecule has 0 spiro atoms. The lowest BCUT2D eigenvalue weighted by Crippen LogP contribution is -2.41. The predicted octanol–water partition coefficient (Wildman–Crippen LogP) is -0.0346. The molecule has 0 aliphatic rings. The van der Waals surface area contributed by atoms with Gasteiger partial charge in [0.25, 0.3) is 0 Å². The van der Waals surface area contributed by atoms with E-state index in [4.69, 9.17) is 5.11 Å². The first-order valence-corrected chi connectivity index (χ1v) is 4.84. The summed E-state index contributed by atoms with van der Waals surface area (Å²) in [4.78, 5) is 21.7. The molecule has 1 atom stereocenters. The number of rotatable bonds is 7. The fraction of sp³-hybridized carbons (Fsp3) is 0.778. The third-order valence-electron chi connectivity index (χ3n) is 1.82. The highest BCUT2D eigenvalue weighted by molar-refractivity contribution is 5.83. The Morgan fingerprint density at radius 1 is 1.36 bits per heavy atom. The molecule has 0 aromatic heterocycles. The minimum Gasteiger partial charge on any atom is -0.480 e. The van der Waals surface area contributed by atoms with E-state index in [-0.39, 0.29) is 5.91 Å². The normalized spacial score (nSPS) is 12.1. The summed E-state index contributed by atoms with van der Waals surface area (Å²) in [5.41, 5.74) is 0. The molecule has 0 saturated carbocycles. The monoisotopic (exact) mass is 202 g/mol. The smallest absolute Gasteiger partial charge is 0.326 e. The largest absolute Gasteiger partial charge is 0.480 e. The van der Waals surface area contributed by atoms with Crippen LogP contribution in [0.4, 0.5) is 0 Å². The summed E-state index contributed by atoms with van der Waals surface area (Å²) in [6.45, 7) is 5.06. The number of carboxylic acid groups (broad SMARTS) is 1. The molecule has 0 rings (SSSR count). The zero-order valence-electron chi connectivity index (χ0n) is 8.67. The summed E-state index contributed by atoms with van der Waals surface area (Å²) >= 11 is 0. The quantitative estimate of drug-likeness (QED) is 0.506. The van der Waals surface area contributed by atoms with Gasteiger partial charge in [0.15, 0.2) is 0 Å². The van der Waals surface area contributed by atoms with Crippen LogP contribution in [0.1, 0.15) is 26.7 Å². The highest BCUT2D eigenvalue weighted by atomic mass is 16.4. The topological polar surface area (TPSA) is 78.4 Å². The van der Waals surface area contributed by atoms with E-state index >= 15 is 0 Å². The Hall–Kier alpha value is -1.10. The van der Waals surface area contributed by atoms with Crippen LogP contribution in [0, 0.1) is 0 Å². The van der Waals surface area contributed by atoms with Crippen molar-refractivity contribution >= 4 is 11.9 Å². The molecule has 0 aliphatic heterocycles. The van der Waals surface area contributed by atoms with Gasteiger partial charge in [0.05, 0.1) is 0 Å². The summed E-state index contributed by atoms with van der Waals surface area (Å²) in [5.74, 6) is -1.20. The number of aliphatic carboxylic acids is 1. The highest BCUT2D eigenvalue weighted by Crippen LogP contribution is 1.91. The van der Waals surface area contributed by atoms with Crippen molar-refractivity contribution in [2.24, 2.45) is 0 Å². The van der Waals surface area contributed by atoms with Crippen LogP contribution in [0.25, 0.3) is 0 Å². The molecule has 3 N–H and O–H groups in total. The van der Waals surface area contributed by atoms with Crippen molar-refractivity contribution in [3.63, 3.8) is 0 Å². The van der Waals surface area contributed by atoms with Gasteiger partial charge < -0.3 is 15.7 Å². The summed E-state index contributed by atoms with van der Waals surface area (Å²) in [7, 11) is 0. The standard InChI is InChI=1S/C9H18N2O3/c1-3-7(9(13)14)11-8(12)5-6-10-4-2/h7,10H,3-6H2,1-2H3,(H,11,12)(H,13,14)/t7-/m0/s1. The Bertz CT molecular complexity index is 194. The number of carbonyl (C=O) groups is 2. The first-order chi connectivity index (χ1) is 6.61. The second-order valence-corrected chi connectivity index (χ2v) is 2.97. The van der Waals surface area contributed by atoms with Gasteiger partial charge in [-0.2, -0.15) is 0 Å². The molecule has 5 nitrogen and oxygen atoms in total. The van der Waals surface area contributed by atoms with Gasteiger partial charge in [0.2, 0.25) is 5.91 Å². The minimum absolute atomic E-state index is 0.222. The Balaban J connectivity index is 3.74. The molecular formula is C9H18N2O3. The average Bonchev–Trinajstić information content (AvgIpc) is 2.14. The van der Waals surface area contributed by atoms with Crippen LogP contribution in [0.15, 0.2) is 0 Å². The zero-order chi connectivity index (χ0) is 11.0. The summed E-state index contributed by atoms with van der Waals surface area (Å²) in [6, 6.07) is -0.760. The fourth-order valence-electron chi connectivity index (χ4n) is 0.984. The second kappa shape index (κ2) is 7.32. The predicted molar refractivity (Wildman–Crippen MR) is 53.0 cm³/mol. The number of carbonyl (C=O) groups excluding carboxylic acids is 1. The van der Waals surface area contributed by atoms with Crippen molar-refractivity contribution in [3.05, 3.63) is 0 Å². The van der Waals surface area contributed by atoms with E-state index in [9.17, 15) is 9.59 Å². The third-order valence-corrected chi connectivity index (χ3v) is 1.82. The minimum atomic E-state index is -0.982. The summed E-state index contributed by atoms with van der Waals surface area (Å²) < 4.78 is 0. The van der Waals surface area contributed by atoms with Gasteiger partial charge in [-0.3, -0.25) is 4.79 Å². The van der Waals surface area contributed by atoms with Gasteiger partial charge in [-0.25, -0.2) is 4.79 Å². The average molecular weight is 202 g/mol. The van der Waals surface area contributed by atoms with Crippen LogP contribution in [0.3, 0.4) is 0 Å². The van der Waals surface area contributed by atoms with E-state index in [1.54, 1.807) is 6.92 Å². The van der Waals surface area contributed by atoms with Crippen LogP contribution in [-0.4, -0.2) is 36.1 Å².